The average Bonchev–Trinajstić information content (AvgIpc) is 2.80. The van der Waals surface area contributed by atoms with Gasteiger partial charge in [-0.2, -0.15) is 0 Å². The first kappa shape index (κ1) is 19.1. The van der Waals surface area contributed by atoms with Gasteiger partial charge >= 0.3 is 0 Å². The van der Waals surface area contributed by atoms with Crippen LogP contribution in [0.3, 0.4) is 0 Å². The molecule has 0 fully saturated rings. The van der Waals surface area contributed by atoms with Crippen molar-refractivity contribution >= 4 is 35.7 Å². The molecule has 3 heteroatoms. The fraction of sp³-hybridized carbons (Fsp3) is 0.0385. The van der Waals surface area contributed by atoms with Crippen LogP contribution < -0.4 is 20.7 Å². The van der Waals surface area contributed by atoms with Crippen LogP contribution in [0.4, 0.5) is 5.69 Å². The Bertz CT molecular complexity index is 1050. The number of ether oxygens (including phenoxy) is 1. The van der Waals surface area contributed by atoms with Gasteiger partial charge in [-0.15, -0.1) is 0 Å². The number of benzene rings is 4. The van der Waals surface area contributed by atoms with Crippen molar-refractivity contribution in [2.75, 3.05) is 7.11 Å². The normalized spacial score (nSPS) is 11.1. The largest absolute Gasteiger partial charge is 0.497 e. The molecule has 0 atom stereocenters. The highest BCUT2D eigenvalue weighted by Crippen LogP contribution is 2.33. The van der Waals surface area contributed by atoms with Crippen molar-refractivity contribution in [1.82, 2.24) is 0 Å². The minimum absolute atomic E-state index is 0.672. The second kappa shape index (κ2) is 9.32. The topological polar surface area (TPSA) is 21.6 Å². The first-order valence-corrected chi connectivity index (χ1v) is 10.9. The fourth-order valence-corrected chi connectivity index (χ4v) is 5.64. The zero-order chi connectivity index (χ0) is 19.9. The zero-order valence-corrected chi connectivity index (χ0v) is 17.2. The summed E-state index contributed by atoms with van der Waals surface area (Å²) in [6.45, 7) is 0. The molecule has 0 saturated heterocycles. The monoisotopic (exact) mass is 395 g/mol. The molecule has 0 unspecified atom stereocenters. The molecule has 0 aliphatic heterocycles. The first-order chi connectivity index (χ1) is 14.3. The van der Waals surface area contributed by atoms with Gasteiger partial charge in [0.2, 0.25) is 0 Å². The van der Waals surface area contributed by atoms with Gasteiger partial charge in [0.05, 0.1) is 12.8 Å². The lowest BCUT2D eigenvalue weighted by atomic mass is 10.2. The Labute approximate surface area is 173 Å². The van der Waals surface area contributed by atoms with Gasteiger partial charge in [-0.05, 0) is 36.0 Å². The highest BCUT2D eigenvalue weighted by Gasteiger charge is 2.18. The molecule has 0 spiro atoms. The summed E-state index contributed by atoms with van der Waals surface area (Å²) in [6.07, 6.45) is 1.96. The molecular weight excluding hydrogens is 373 g/mol. The summed E-state index contributed by atoms with van der Waals surface area (Å²) >= 11 is 0. The van der Waals surface area contributed by atoms with Gasteiger partial charge in [0.1, 0.15) is 5.75 Å². The number of rotatable bonds is 6. The predicted molar refractivity (Wildman–Crippen MR) is 125 cm³/mol. The van der Waals surface area contributed by atoms with E-state index in [4.69, 9.17) is 9.73 Å². The third kappa shape index (κ3) is 4.62. The van der Waals surface area contributed by atoms with Gasteiger partial charge in [-0.25, -0.2) is 0 Å². The number of aliphatic imine (C=N–C) groups is 1. The van der Waals surface area contributed by atoms with Crippen LogP contribution in [0, 0.1) is 0 Å². The highest BCUT2D eigenvalue weighted by molar-refractivity contribution is 7.80. The summed E-state index contributed by atoms with van der Waals surface area (Å²) in [5.41, 5.74) is 2.01. The van der Waals surface area contributed by atoms with Crippen LogP contribution in [-0.2, 0) is 0 Å². The lowest BCUT2D eigenvalue weighted by Crippen LogP contribution is -2.23. The SMILES string of the molecule is COc1cccc(N=Cc2ccccc2P(c2ccccc2)c2ccccc2)c1. The van der Waals surface area contributed by atoms with E-state index in [1.165, 1.54) is 15.9 Å². The molecule has 4 aromatic rings. The molecule has 4 rings (SSSR count). The van der Waals surface area contributed by atoms with E-state index in [0.29, 0.717) is 0 Å². The van der Waals surface area contributed by atoms with Crippen LogP contribution in [0.25, 0.3) is 0 Å². The van der Waals surface area contributed by atoms with Crippen molar-refractivity contribution in [3.05, 3.63) is 115 Å². The third-order valence-electron chi connectivity index (χ3n) is 4.61. The molecule has 0 radical (unpaired) electrons. The Morgan fingerprint density at radius 2 is 1.31 bits per heavy atom. The van der Waals surface area contributed by atoms with Crippen molar-refractivity contribution in [3.8, 4) is 5.75 Å². The summed E-state index contributed by atoms with van der Waals surface area (Å²) < 4.78 is 5.31. The molecule has 0 aliphatic rings. The van der Waals surface area contributed by atoms with Crippen molar-refractivity contribution in [2.45, 2.75) is 0 Å². The Kier molecular flexibility index (Phi) is 6.14. The quantitative estimate of drug-likeness (QED) is 0.325. The molecule has 0 amide bonds. The molecule has 29 heavy (non-hydrogen) atoms. The predicted octanol–water partition coefficient (Wildman–Crippen LogP) is 5.20. The summed E-state index contributed by atoms with van der Waals surface area (Å²) in [7, 11) is 0.999. The van der Waals surface area contributed by atoms with E-state index in [-0.39, 0.29) is 0 Å². The standard InChI is InChI=1S/C26H22NOP/c1-28-23-13-10-12-22(19-23)27-20-21-11-8-9-18-26(21)29(24-14-4-2-5-15-24)25-16-6-3-7-17-25/h2-20H,1H3. The fourth-order valence-electron chi connectivity index (χ4n) is 3.22. The van der Waals surface area contributed by atoms with Crippen LogP contribution in [-0.4, -0.2) is 13.3 Å². The second-order valence-corrected chi connectivity index (χ2v) is 8.71. The van der Waals surface area contributed by atoms with Crippen LogP contribution in [0.5, 0.6) is 5.75 Å². The van der Waals surface area contributed by atoms with Gasteiger partial charge in [-0.1, -0.05) is 91.0 Å². The highest BCUT2D eigenvalue weighted by atomic mass is 31.1. The lowest BCUT2D eigenvalue weighted by Gasteiger charge is -2.21. The van der Waals surface area contributed by atoms with Crippen molar-refractivity contribution in [1.29, 1.82) is 0 Å². The first-order valence-electron chi connectivity index (χ1n) is 9.52. The van der Waals surface area contributed by atoms with E-state index >= 15 is 0 Å². The van der Waals surface area contributed by atoms with Crippen LogP contribution >= 0.6 is 7.92 Å². The van der Waals surface area contributed by atoms with Gasteiger partial charge < -0.3 is 4.74 Å². The van der Waals surface area contributed by atoms with Gasteiger partial charge in [0.15, 0.2) is 0 Å². The number of hydrogen-bond acceptors (Lipinski definition) is 2. The van der Waals surface area contributed by atoms with Crippen LogP contribution in [0.1, 0.15) is 5.56 Å². The van der Waals surface area contributed by atoms with Crippen LogP contribution in [0.15, 0.2) is 114 Å². The lowest BCUT2D eigenvalue weighted by molar-refractivity contribution is 0.415. The van der Waals surface area contributed by atoms with Crippen LogP contribution in [0.2, 0.25) is 0 Å². The average molecular weight is 395 g/mol. The Balaban J connectivity index is 1.78. The minimum Gasteiger partial charge on any atom is -0.497 e. The summed E-state index contributed by atoms with van der Waals surface area (Å²) in [5.74, 6) is 0.809. The molecule has 0 aromatic heterocycles. The zero-order valence-electron chi connectivity index (χ0n) is 16.3. The molecule has 0 N–H and O–H groups in total. The number of hydrogen-bond donors (Lipinski definition) is 0. The summed E-state index contributed by atoms with van der Waals surface area (Å²) in [5, 5.41) is 3.96. The maximum absolute atomic E-state index is 5.31. The van der Waals surface area contributed by atoms with E-state index < -0.39 is 7.92 Å². The molecule has 0 heterocycles. The third-order valence-corrected chi connectivity index (χ3v) is 7.13. The molecule has 0 saturated carbocycles. The van der Waals surface area contributed by atoms with E-state index in [1.54, 1.807) is 7.11 Å². The maximum Gasteiger partial charge on any atom is 0.121 e. The molecule has 142 valence electrons. The minimum atomic E-state index is -0.672. The number of methoxy groups -OCH3 is 1. The number of nitrogens with zero attached hydrogens (tertiary/aromatic N) is 1. The Hall–Kier alpha value is -3.22. The van der Waals surface area contributed by atoms with Crippen molar-refractivity contribution < 1.29 is 4.74 Å². The smallest absolute Gasteiger partial charge is 0.121 e. The van der Waals surface area contributed by atoms with E-state index in [1.807, 2.05) is 30.5 Å². The summed E-state index contributed by atoms with van der Waals surface area (Å²) in [6, 6.07) is 37.8. The van der Waals surface area contributed by atoms with Gasteiger partial charge in [-0.3, -0.25) is 4.99 Å². The second-order valence-electron chi connectivity index (χ2n) is 6.53. The van der Waals surface area contributed by atoms with Gasteiger partial charge in [0.25, 0.3) is 0 Å². The summed E-state index contributed by atoms with van der Waals surface area (Å²) in [4.78, 5) is 4.72. The Morgan fingerprint density at radius 3 is 1.97 bits per heavy atom. The van der Waals surface area contributed by atoms with E-state index in [0.717, 1.165) is 17.0 Å². The maximum atomic E-state index is 5.31. The van der Waals surface area contributed by atoms with Crippen molar-refractivity contribution in [2.24, 2.45) is 4.99 Å². The van der Waals surface area contributed by atoms with Crippen molar-refractivity contribution in [3.63, 3.8) is 0 Å². The molecule has 0 bridgehead atoms. The Morgan fingerprint density at radius 1 is 0.690 bits per heavy atom. The van der Waals surface area contributed by atoms with E-state index in [9.17, 15) is 0 Å². The molecule has 4 aromatic carbocycles. The molecule has 0 aliphatic carbocycles. The van der Waals surface area contributed by atoms with E-state index in [2.05, 4.69) is 84.9 Å². The van der Waals surface area contributed by atoms with Gasteiger partial charge in [0, 0.05) is 17.8 Å². The molecular formula is C26H22NOP. The molecule has 2 nitrogen and oxygen atoms in total.